The minimum Gasteiger partial charge on any atom is -0.489 e. The van der Waals surface area contributed by atoms with Crippen LogP contribution in [-0.4, -0.2) is 59.2 Å². The van der Waals surface area contributed by atoms with E-state index in [9.17, 15) is 9.59 Å². The second-order valence-electron chi connectivity index (χ2n) is 9.56. The molecule has 0 bridgehead atoms. The zero-order valence-electron chi connectivity index (χ0n) is 19.0. The Labute approximate surface area is 188 Å². The van der Waals surface area contributed by atoms with E-state index < -0.39 is 0 Å². The highest BCUT2D eigenvalue weighted by atomic mass is 16.5. The maximum atomic E-state index is 12.7. The summed E-state index contributed by atoms with van der Waals surface area (Å²) in [6.45, 7) is 8.58. The highest BCUT2D eigenvalue weighted by Crippen LogP contribution is 2.26. The molecule has 0 aliphatic carbocycles. The molecule has 2 fully saturated rings. The van der Waals surface area contributed by atoms with Crippen LogP contribution in [0.25, 0.3) is 0 Å². The van der Waals surface area contributed by atoms with Gasteiger partial charge in [0.1, 0.15) is 11.9 Å². The highest BCUT2D eigenvalue weighted by molar-refractivity contribution is 5.93. The van der Waals surface area contributed by atoms with Crippen molar-refractivity contribution < 1.29 is 14.3 Å². The average molecular weight is 438 g/mol. The molecule has 1 N–H and O–H groups in total. The molecule has 170 valence electrons. The van der Waals surface area contributed by atoms with Gasteiger partial charge in [-0.05, 0) is 42.8 Å². The molecule has 1 aromatic carbocycles. The number of nitrogens with one attached hydrogen (secondary N) is 1. The van der Waals surface area contributed by atoms with Crippen molar-refractivity contribution >= 4 is 23.3 Å². The van der Waals surface area contributed by atoms with Gasteiger partial charge in [0.25, 0.3) is 0 Å². The van der Waals surface area contributed by atoms with Crippen molar-refractivity contribution in [3.05, 3.63) is 42.6 Å². The molecule has 2 atom stereocenters. The van der Waals surface area contributed by atoms with E-state index >= 15 is 0 Å². The number of benzene rings is 1. The summed E-state index contributed by atoms with van der Waals surface area (Å²) in [5.41, 5.74) is 0.371. The molecule has 2 saturated heterocycles. The van der Waals surface area contributed by atoms with Gasteiger partial charge in [0.15, 0.2) is 5.82 Å². The minimum atomic E-state index is -0.375. The zero-order chi connectivity index (χ0) is 22.7. The molecule has 8 nitrogen and oxygen atoms in total. The van der Waals surface area contributed by atoms with Crippen LogP contribution in [0.2, 0.25) is 0 Å². The Balaban J connectivity index is 1.26. The lowest BCUT2D eigenvalue weighted by molar-refractivity contribution is -0.138. The van der Waals surface area contributed by atoms with Crippen LogP contribution in [0.3, 0.4) is 0 Å². The smallest absolute Gasteiger partial charge is 0.229 e. The van der Waals surface area contributed by atoms with Gasteiger partial charge >= 0.3 is 0 Å². The third kappa shape index (κ3) is 5.18. The Bertz CT molecular complexity index is 942. The molecule has 8 heteroatoms. The number of carbonyl (C=O) groups is 2. The first-order valence-electron chi connectivity index (χ1n) is 11.2. The lowest BCUT2D eigenvalue weighted by atomic mass is 9.95. The SMILES string of the molecule is CC(C)(C)C(=O)N1CC[C@@H](Oc2ccc(NC(=O)[C@H]3CCN(c4cccnn4)C3)cc2)C1. The third-order valence-corrected chi connectivity index (χ3v) is 5.94. The molecule has 32 heavy (non-hydrogen) atoms. The molecule has 2 aliphatic heterocycles. The first kappa shape index (κ1) is 22.0. The number of nitrogens with zero attached hydrogens (tertiary/aromatic N) is 4. The van der Waals surface area contributed by atoms with E-state index in [4.69, 9.17) is 4.74 Å². The monoisotopic (exact) mass is 437 g/mol. The summed E-state index contributed by atoms with van der Waals surface area (Å²) in [6.07, 6.45) is 3.25. The summed E-state index contributed by atoms with van der Waals surface area (Å²) in [5.74, 6) is 1.63. The summed E-state index contributed by atoms with van der Waals surface area (Å²) in [4.78, 5) is 29.1. The molecular formula is C24H31N5O3. The van der Waals surface area contributed by atoms with E-state index in [1.807, 2.05) is 62.1 Å². The Kier molecular flexibility index (Phi) is 6.30. The Morgan fingerprint density at radius 3 is 2.53 bits per heavy atom. The minimum absolute atomic E-state index is 0.00713. The van der Waals surface area contributed by atoms with Crippen molar-refractivity contribution in [1.29, 1.82) is 0 Å². The molecule has 2 aromatic rings. The molecule has 3 heterocycles. The van der Waals surface area contributed by atoms with Crippen LogP contribution >= 0.6 is 0 Å². The van der Waals surface area contributed by atoms with E-state index in [2.05, 4.69) is 20.4 Å². The lowest BCUT2D eigenvalue weighted by Gasteiger charge is -2.25. The van der Waals surface area contributed by atoms with Crippen LogP contribution in [-0.2, 0) is 9.59 Å². The third-order valence-electron chi connectivity index (χ3n) is 5.94. The molecule has 0 radical (unpaired) electrons. The van der Waals surface area contributed by atoms with E-state index in [-0.39, 0.29) is 29.3 Å². The lowest BCUT2D eigenvalue weighted by Crippen LogP contribution is -2.38. The Morgan fingerprint density at radius 2 is 1.84 bits per heavy atom. The van der Waals surface area contributed by atoms with Gasteiger partial charge in [-0.15, -0.1) is 5.10 Å². The van der Waals surface area contributed by atoms with Crippen LogP contribution in [0.5, 0.6) is 5.75 Å². The van der Waals surface area contributed by atoms with Crippen molar-refractivity contribution in [2.24, 2.45) is 11.3 Å². The average Bonchev–Trinajstić information content (AvgIpc) is 3.45. The molecule has 1 aromatic heterocycles. The van der Waals surface area contributed by atoms with Gasteiger partial charge in [0, 0.05) is 43.4 Å². The van der Waals surface area contributed by atoms with Gasteiger partial charge in [-0.1, -0.05) is 20.8 Å². The molecule has 2 aliphatic rings. The number of carbonyl (C=O) groups excluding carboxylic acids is 2. The predicted octanol–water partition coefficient (Wildman–Crippen LogP) is 2.97. The summed E-state index contributed by atoms with van der Waals surface area (Å²) in [7, 11) is 0. The van der Waals surface area contributed by atoms with E-state index in [1.54, 1.807) is 6.20 Å². The van der Waals surface area contributed by atoms with Gasteiger partial charge in [-0.3, -0.25) is 9.59 Å². The van der Waals surface area contributed by atoms with Crippen molar-refractivity contribution in [2.45, 2.75) is 39.7 Å². The number of likely N-dealkylation sites (tertiary alicyclic amines) is 1. The molecule has 0 saturated carbocycles. The standard InChI is InChI=1S/C24H31N5O3/c1-24(2,3)23(31)29-14-11-20(16-29)32-19-8-6-18(7-9-19)26-22(30)17-10-13-28(15-17)21-5-4-12-25-27-21/h4-9,12,17,20H,10-11,13-16H2,1-3H3,(H,26,30)/t17-,20+/m0/s1. The van der Waals surface area contributed by atoms with Crippen LogP contribution < -0.4 is 15.0 Å². The molecular weight excluding hydrogens is 406 g/mol. The first-order chi connectivity index (χ1) is 15.3. The summed E-state index contributed by atoms with van der Waals surface area (Å²) < 4.78 is 6.07. The second kappa shape index (κ2) is 9.14. The van der Waals surface area contributed by atoms with Crippen LogP contribution in [0.1, 0.15) is 33.6 Å². The quantitative estimate of drug-likeness (QED) is 0.774. The Morgan fingerprint density at radius 1 is 1.06 bits per heavy atom. The number of ether oxygens (including phenoxy) is 1. The summed E-state index contributed by atoms with van der Waals surface area (Å²) >= 11 is 0. The van der Waals surface area contributed by atoms with Crippen molar-refractivity contribution in [2.75, 3.05) is 36.4 Å². The number of anilines is 2. The summed E-state index contributed by atoms with van der Waals surface area (Å²) in [6, 6.07) is 11.2. The molecule has 0 spiro atoms. The van der Waals surface area contributed by atoms with Gasteiger partial charge in [-0.25, -0.2) is 0 Å². The van der Waals surface area contributed by atoms with E-state index in [1.165, 1.54) is 0 Å². The van der Waals surface area contributed by atoms with Gasteiger partial charge in [-0.2, -0.15) is 5.10 Å². The van der Waals surface area contributed by atoms with Crippen molar-refractivity contribution in [3.8, 4) is 5.75 Å². The number of aromatic nitrogens is 2. The zero-order valence-corrected chi connectivity index (χ0v) is 19.0. The number of hydrogen-bond donors (Lipinski definition) is 1. The van der Waals surface area contributed by atoms with Crippen LogP contribution in [0.4, 0.5) is 11.5 Å². The maximum Gasteiger partial charge on any atom is 0.229 e. The van der Waals surface area contributed by atoms with Gasteiger partial charge in [0.2, 0.25) is 11.8 Å². The fourth-order valence-corrected chi connectivity index (χ4v) is 4.18. The van der Waals surface area contributed by atoms with Crippen molar-refractivity contribution in [3.63, 3.8) is 0 Å². The number of rotatable bonds is 5. The molecule has 4 rings (SSSR count). The normalized spacial score (nSPS) is 21.0. The topological polar surface area (TPSA) is 87.7 Å². The number of amides is 2. The fraction of sp³-hybridized carbons (Fsp3) is 0.500. The second-order valence-corrected chi connectivity index (χ2v) is 9.56. The van der Waals surface area contributed by atoms with E-state index in [0.29, 0.717) is 13.1 Å². The molecule has 2 amide bonds. The Hall–Kier alpha value is -3.16. The highest BCUT2D eigenvalue weighted by Gasteiger charge is 2.33. The van der Waals surface area contributed by atoms with Gasteiger partial charge in [0.05, 0.1) is 12.5 Å². The van der Waals surface area contributed by atoms with E-state index in [0.717, 1.165) is 43.2 Å². The molecule has 0 unspecified atom stereocenters. The summed E-state index contributed by atoms with van der Waals surface area (Å²) in [5, 5.41) is 11.0. The van der Waals surface area contributed by atoms with Crippen molar-refractivity contribution in [1.82, 2.24) is 15.1 Å². The fourth-order valence-electron chi connectivity index (χ4n) is 4.18. The van der Waals surface area contributed by atoms with Gasteiger partial charge < -0.3 is 19.9 Å². The predicted molar refractivity (Wildman–Crippen MR) is 122 cm³/mol. The first-order valence-corrected chi connectivity index (χ1v) is 11.2. The maximum absolute atomic E-state index is 12.7. The van der Waals surface area contributed by atoms with Crippen LogP contribution in [0.15, 0.2) is 42.6 Å². The number of hydrogen-bond acceptors (Lipinski definition) is 6. The van der Waals surface area contributed by atoms with Crippen LogP contribution in [0, 0.1) is 11.3 Å². The largest absolute Gasteiger partial charge is 0.489 e.